The highest BCUT2D eigenvalue weighted by Crippen LogP contribution is 2.66. The molecule has 6 atom stereocenters. The molecule has 1 fully saturated rings. The molecule has 1 aromatic rings. The average Bonchev–Trinajstić information content (AvgIpc) is 2.90. The van der Waals surface area contributed by atoms with Crippen LogP contribution in [0.15, 0.2) is 24.3 Å². The molecular weight excluding hydrogens is 519 g/mol. The largest absolute Gasteiger partial charge is 0.527 e. The summed E-state index contributed by atoms with van der Waals surface area (Å²) >= 11 is 0. The van der Waals surface area contributed by atoms with Crippen LogP contribution in [0.25, 0.3) is 0 Å². The van der Waals surface area contributed by atoms with Crippen molar-refractivity contribution in [2.24, 2.45) is 0 Å². The maximum atomic E-state index is 12.3. The predicted molar refractivity (Wildman–Crippen MR) is 105 cm³/mol. The lowest BCUT2D eigenvalue weighted by atomic mass is 9.96. The van der Waals surface area contributed by atoms with E-state index in [1.54, 1.807) is 19.1 Å². The first kappa shape index (κ1) is 27.8. The molecule has 1 aliphatic heterocycles. The average molecular weight is 538 g/mol. The number of phosphoric acid groups is 4. The van der Waals surface area contributed by atoms with Crippen molar-refractivity contribution < 1.29 is 69.7 Å². The Hall–Kier alpha value is -0.395. The minimum atomic E-state index is -5.70. The van der Waals surface area contributed by atoms with Gasteiger partial charge in [0.15, 0.2) is 0 Å². The molecule has 6 unspecified atom stereocenters. The summed E-state index contributed by atoms with van der Waals surface area (Å²) in [6.07, 6.45) is -2.78. The Morgan fingerprint density at radius 1 is 0.969 bits per heavy atom. The molecule has 0 spiro atoms. The molecule has 1 aromatic carbocycles. The van der Waals surface area contributed by atoms with E-state index in [1.807, 2.05) is 0 Å². The summed E-state index contributed by atoms with van der Waals surface area (Å²) in [5, 5.41) is 0. The lowest BCUT2D eigenvalue weighted by molar-refractivity contribution is -0.00352. The van der Waals surface area contributed by atoms with E-state index in [9.17, 15) is 28.0 Å². The normalized spacial score (nSPS) is 27.2. The van der Waals surface area contributed by atoms with Gasteiger partial charge in [0.05, 0.1) is 6.61 Å². The molecule has 0 amide bonds. The van der Waals surface area contributed by atoms with Crippen molar-refractivity contribution in [3.05, 3.63) is 29.8 Å². The van der Waals surface area contributed by atoms with Crippen LogP contribution >= 0.6 is 31.3 Å². The van der Waals surface area contributed by atoms with Gasteiger partial charge in [0.2, 0.25) is 0 Å². The Morgan fingerprint density at radius 2 is 1.56 bits per heavy atom. The fourth-order valence-electron chi connectivity index (χ4n) is 2.40. The number of phosphoric ester groups is 2. The summed E-state index contributed by atoms with van der Waals surface area (Å²) in [6, 6.07) is 5.05. The molecule has 0 aliphatic carbocycles. The minimum absolute atomic E-state index is 0.0226. The lowest BCUT2D eigenvalue weighted by Gasteiger charge is -2.22. The number of rotatable bonds is 11. The van der Waals surface area contributed by atoms with Gasteiger partial charge in [-0.1, -0.05) is 17.7 Å². The van der Waals surface area contributed by atoms with E-state index < -0.39 is 56.1 Å². The van der Waals surface area contributed by atoms with E-state index in [4.69, 9.17) is 36.3 Å². The van der Waals surface area contributed by atoms with Crippen molar-refractivity contribution in [3.63, 3.8) is 0 Å². The third-order valence-corrected chi connectivity index (χ3v) is 8.34. The third-order valence-electron chi connectivity index (χ3n) is 3.56. The zero-order chi connectivity index (χ0) is 24.4. The van der Waals surface area contributed by atoms with Crippen LogP contribution < -0.4 is 4.52 Å². The van der Waals surface area contributed by atoms with Crippen molar-refractivity contribution in [1.82, 2.24) is 0 Å². The fraction of sp³-hybridized carbons (Fsp3) is 0.500. The number of hydrogen-bond acceptors (Lipinski definition) is 10. The van der Waals surface area contributed by atoms with Gasteiger partial charge in [-0.25, -0.2) is 18.3 Å². The third kappa shape index (κ3) is 9.84. The summed E-state index contributed by atoms with van der Waals surface area (Å²) < 4.78 is 72.7. The van der Waals surface area contributed by atoms with Crippen LogP contribution in [-0.2, 0) is 40.7 Å². The molecule has 1 saturated heterocycles. The topological polar surface area (TPSA) is 225 Å². The first-order valence-electron chi connectivity index (χ1n) is 8.42. The monoisotopic (exact) mass is 538 g/mol. The van der Waals surface area contributed by atoms with Gasteiger partial charge in [0.1, 0.15) is 25.8 Å². The lowest BCUT2D eigenvalue weighted by Crippen LogP contribution is -2.28. The van der Waals surface area contributed by atoms with E-state index in [0.29, 0.717) is 0 Å². The summed E-state index contributed by atoms with van der Waals surface area (Å²) in [6.45, 7) is 0.880. The summed E-state index contributed by atoms with van der Waals surface area (Å²) in [7, 11) is -15.8. The zero-order valence-corrected chi connectivity index (χ0v) is 19.7. The predicted octanol–water partition coefficient (Wildman–Crippen LogP) is 1.49. The van der Waals surface area contributed by atoms with Gasteiger partial charge in [0, 0.05) is 6.00 Å². The van der Waals surface area contributed by atoms with Crippen molar-refractivity contribution in [1.29, 1.82) is 0 Å². The van der Waals surface area contributed by atoms with Crippen LogP contribution in [0.2, 0.25) is 0 Å². The molecule has 15 nitrogen and oxygen atoms in total. The van der Waals surface area contributed by atoms with Gasteiger partial charge >= 0.3 is 31.3 Å². The van der Waals surface area contributed by atoms with Crippen LogP contribution in [0.4, 0.5) is 0 Å². The Kier molecular flexibility index (Phi) is 9.11. The maximum Gasteiger partial charge on any atom is 0.527 e. The Bertz CT molecular complexity index is 979. The zero-order valence-electron chi connectivity index (χ0n) is 16.1. The van der Waals surface area contributed by atoms with E-state index in [1.165, 1.54) is 12.1 Å². The van der Waals surface area contributed by atoms with Gasteiger partial charge < -0.3 is 28.8 Å². The second kappa shape index (κ2) is 10.5. The fourth-order valence-corrected chi connectivity index (χ4v) is 6.43. The van der Waals surface area contributed by atoms with Crippen molar-refractivity contribution in [2.75, 3.05) is 6.61 Å². The smallest absolute Gasteiger partial charge is 0.404 e. The number of ether oxygens (including phenoxy) is 1. The molecule has 0 saturated carbocycles. The molecule has 0 bridgehead atoms. The second-order valence-electron chi connectivity index (χ2n) is 6.35. The second-order valence-corrected chi connectivity index (χ2v) is 12.1. The van der Waals surface area contributed by atoms with Gasteiger partial charge in [-0.15, -0.1) is 0 Å². The summed E-state index contributed by atoms with van der Waals surface area (Å²) in [5.74, 6) is 0.0226. The molecule has 0 aromatic heterocycles. The minimum Gasteiger partial charge on any atom is -0.404 e. The molecule has 5 N–H and O–H groups in total. The highest BCUT2D eigenvalue weighted by molar-refractivity contribution is 7.66. The standard InChI is InChI=1S/C12H19BO15P4/c1-8-2-4-9(5-3-8)25-31(19,20)26-10-6-12(13)24-11(10)7-23-30(17,18)28-32(21,22)27-29(14,15)16/h2-5,10-12H,6-7H2,1H3,(H,17,18)(H,19,20)(H,21,22)(H2,14,15,16). The quantitative estimate of drug-likeness (QED) is 0.199. The van der Waals surface area contributed by atoms with E-state index in [-0.39, 0.29) is 12.2 Å². The molecule has 1 aliphatic rings. The molecule has 1 heterocycles. The van der Waals surface area contributed by atoms with Gasteiger partial charge in [0.25, 0.3) is 0 Å². The molecule has 2 rings (SSSR count). The Morgan fingerprint density at radius 3 is 2.12 bits per heavy atom. The van der Waals surface area contributed by atoms with Gasteiger partial charge in [-0.3, -0.25) is 13.9 Å². The van der Waals surface area contributed by atoms with Gasteiger partial charge in [-0.2, -0.15) is 8.62 Å². The summed E-state index contributed by atoms with van der Waals surface area (Å²) in [5.41, 5.74) is 0.868. The summed E-state index contributed by atoms with van der Waals surface area (Å²) in [4.78, 5) is 45.6. The van der Waals surface area contributed by atoms with E-state index in [2.05, 4.69) is 13.1 Å². The SMILES string of the molecule is [B]C1CC(OP(=O)(O)Oc2ccc(C)cc2)C(COP(=O)(O)OP(=O)(O)OP(=O)(O)O)O1. The molecule has 180 valence electrons. The van der Waals surface area contributed by atoms with Crippen molar-refractivity contribution >= 4 is 39.1 Å². The molecule has 2 radical (unpaired) electrons. The van der Waals surface area contributed by atoms with Crippen LogP contribution in [0.3, 0.4) is 0 Å². The van der Waals surface area contributed by atoms with Crippen LogP contribution in [-0.4, -0.2) is 57.1 Å². The number of aryl methyl sites for hydroxylation is 1. The first-order valence-corrected chi connectivity index (χ1v) is 14.4. The highest BCUT2D eigenvalue weighted by Gasteiger charge is 2.44. The molecular formula is C12H19BO15P4. The van der Waals surface area contributed by atoms with Crippen LogP contribution in [0, 0.1) is 6.92 Å². The van der Waals surface area contributed by atoms with Crippen molar-refractivity contribution in [3.8, 4) is 5.75 Å². The molecule has 20 heteroatoms. The first-order chi connectivity index (χ1) is 14.5. The maximum absolute atomic E-state index is 12.3. The number of benzene rings is 1. The van der Waals surface area contributed by atoms with Crippen LogP contribution in [0.5, 0.6) is 5.75 Å². The van der Waals surface area contributed by atoms with E-state index in [0.717, 1.165) is 5.56 Å². The Labute approximate surface area is 183 Å². The van der Waals surface area contributed by atoms with Gasteiger partial charge in [-0.05, 0) is 25.5 Å². The van der Waals surface area contributed by atoms with Crippen molar-refractivity contribution in [2.45, 2.75) is 31.6 Å². The van der Waals surface area contributed by atoms with E-state index >= 15 is 0 Å². The highest BCUT2D eigenvalue weighted by atomic mass is 31.3. The molecule has 32 heavy (non-hydrogen) atoms. The number of hydrogen-bond donors (Lipinski definition) is 5. The Balaban J connectivity index is 1.99. The van der Waals surface area contributed by atoms with Crippen LogP contribution in [0.1, 0.15) is 12.0 Å².